The molecular weight excluding hydrogens is 540 g/mol. The third-order valence-electron chi connectivity index (χ3n) is 8.00. The van der Waals surface area contributed by atoms with Crippen LogP contribution >= 0.6 is 0 Å². The molecule has 0 atom stereocenters. The number of hydrogen-bond donors (Lipinski definition) is 1. The Balaban J connectivity index is 1.18. The minimum absolute atomic E-state index is 0.0386. The van der Waals surface area contributed by atoms with Gasteiger partial charge in [0, 0.05) is 55.3 Å². The summed E-state index contributed by atoms with van der Waals surface area (Å²) in [7, 11) is 0. The zero-order valence-corrected chi connectivity index (χ0v) is 24.1. The number of aryl methyl sites for hydroxylation is 1. The highest BCUT2D eigenvalue weighted by molar-refractivity contribution is 5.97. The molecule has 3 amide bonds. The molecule has 0 radical (unpaired) electrons. The number of primary amides is 1. The van der Waals surface area contributed by atoms with E-state index >= 15 is 0 Å². The van der Waals surface area contributed by atoms with Gasteiger partial charge in [0.25, 0.3) is 0 Å². The lowest BCUT2D eigenvalue weighted by Gasteiger charge is -2.45. The zero-order valence-electron chi connectivity index (χ0n) is 24.1. The molecule has 0 saturated carbocycles. The molecule has 3 aromatic rings. The van der Waals surface area contributed by atoms with E-state index in [0.29, 0.717) is 44.8 Å². The average molecular weight is 579 g/mol. The molecule has 0 aliphatic carbocycles. The number of anilines is 1. The van der Waals surface area contributed by atoms with Crippen molar-refractivity contribution < 1.29 is 33.3 Å². The number of nitrogens with two attached hydrogens (primary N) is 1. The van der Waals surface area contributed by atoms with Gasteiger partial charge in [-0.3, -0.25) is 9.69 Å². The largest absolute Gasteiger partial charge is 0.466 e. The SMILES string of the molecule is CCOC(=O)CCN(C(N)=O)c1ccc2c(ccn2C2COC3(CCN(C(=O)OCc4ccccc4)CC3)OC2)c1C. The monoisotopic (exact) mass is 578 g/mol. The molecule has 3 heterocycles. The highest BCUT2D eigenvalue weighted by Crippen LogP contribution is 2.36. The predicted molar refractivity (Wildman–Crippen MR) is 156 cm³/mol. The number of urea groups is 1. The molecule has 1 spiro atoms. The van der Waals surface area contributed by atoms with Gasteiger partial charge in [0.05, 0.1) is 32.3 Å². The number of ether oxygens (including phenoxy) is 4. The molecule has 2 N–H and O–H groups in total. The second-order valence-corrected chi connectivity index (χ2v) is 10.6. The van der Waals surface area contributed by atoms with Crippen LogP contribution in [-0.2, 0) is 30.3 Å². The molecule has 2 aliphatic heterocycles. The van der Waals surface area contributed by atoms with Crippen molar-refractivity contribution in [2.75, 3.05) is 44.4 Å². The summed E-state index contributed by atoms with van der Waals surface area (Å²) in [6, 6.07) is 14.8. The van der Waals surface area contributed by atoms with E-state index in [0.717, 1.165) is 22.0 Å². The van der Waals surface area contributed by atoms with Crippen molar-refractivity contribution in [3.8, 4) is 0 Å². The normalized spacial score (nSPS) is 16.9. The Morgan fingerprint density at radius 1 is 1.02 bits per heavy atom. The Morgan fingerprint density at radius 2 is 1.74 bits per heavy atom. The summed E-state index contributed by atoms with van der Waals surface area (Å²) < 4.78 is 25.2. The molecule has 0 unspecified atom stereocenters. The maximum atomic E-state index is 12.6. The second-order valence-electron chi connectivity index (χ2n) is 10.6. The summed E-state index contributed by atoms with van der Waals surface area (Å²) in [5, 5.41) is 0.970. The highest BCUT2D eigenvalue weighted by atomic mass is 16.7. The van der Waals surface area contributed by atoms with Crippen LogP contribution in [-0.4, -0.2) is 72.8 Å². The van der Waals surface area contributed by atoms with Gasteiger partial charge in [-0.05, 0) is 43.2 Å². The first-order valence-electron chi connectivity index (χ1n) is 14.4. The summed E-state index contributed by atoms with van der Waals surface area (Å²) in [5.41, 5.74) is 9.13. The van der Waals surface area contributed by atoms with E-state index in [-0.39, 0.29) is 44.3 Å². The van der Waals surface area contributed by atoms with E-state index in [1.165, 1.54) is 4.90 Å². The van der Waals surface area contributed by atoms with Crippen LogP contribution in [0.1, 0.15) is 43.4 Å². The van der Waals surface area contributed by atoms with Crippen molar-refractivity contribution in [3.63, 3.8) is 0 Å². The van der Waals surface area contributed by atoms with Crippen LogP contribution < -0.4 is 10.6 Å². The maximum Gasteiger partial charge on any atom is 0.410 e. The number of rotatable bonds is 8. The number of hydrogen-bond acceptors (Lipinski definition) is 7. The zero-order chi connectivity index (χ0) is 29.7. The average Bonchev–Trinajstić information content (AvgIpc) is 3.43. The first kappa shape index (κ1) is 29.4. The Bertz CT molecular complexity index is 1410. The van der Waals surface area contributed by atoms with Crippen LogP contribution in [0, 0.1) is 6.92 Å². The van der Waals surface area contributed by atoms with Crippen molar-refractivity contribution in [1.82, 2.24) is 9.47 Å². The van der Waals surface area contributed by atoms with E-state index in [4.69, 9.17) is 24.7 Å². The minimum atomic E-state index is -0.709. The number of piperidine rings is 1. The van der Waals surface area contributed by atoms with Crippen LogP contribution in [0.5, 0.6) is 0 Å². The quantitative estimate of drug-likeness (QED) is 0.390. The third-order valence-corrected chi connectivity index (χ3v) is 8.00. The molecule has 5 rings (SSSR count). The summed E-state index contributed by atoms with van der Waals surface area (Å²) in [6.45, 7) is 6.27. The van der Waals surface area contributed by atoms with E-state index in [1.807, 2.05) is 61.7 Å². The van der Waals surface area contributed by atoms with Crippen LogP contribution in [0.3, 0.4) is 0 Å². The van der Waals surface area contributed by atoms with E-state index in [9.17, 15) is 14.4 Å². The number of likely N-dealkylation sites (tertiary alicyclic amines) is 1. The number of benzene rings is 2. The predicted octanol–water partition coefficient (Wildman–Crippen LogP) is 4.50. The van der Waals surface area contributed by atoms with Gasteiger partial charge in [-0.15, -0.1) is 0 Å². The van der Waals surface area contributed by atoms with Gasteiger partial charge in [0.15, 0.2) is 5.79 Å². The van der Waals surface area contributed by atoms with Gasteiger partial charge < -0.3 is 34.1 Å². The Morgan fingerprint density at radius 3 is 2.40 bits per heavy atom. The molecule has 11 nitrogen and oxygen atoms in total. The Hall–Kier alpha value is -4.09. The van der Waals surface area contributed by atoms with Crippen LogP contribution in [0.25, 0.3) is 10.9 Å². The fourth-order valence-electron chi connectivity index (χ4n) is 5.65. The fourth-order valence-corrected chi connectivity index (χ4v) is 5.65. The number of carbonyl (C=O) groups is 3. The Kier molecular flexibility index (Phi) is 8.98. The van der Waals surface area contributed by atoms with Crippen molar-refractivity contribution in [2.24, 2.45) is 5.73 Å². The van der Waals surface area contributed by atoms with Crippen molar-refractivity contribution in [1.29, 1.82) is 0 Å². The summed E-state index contributed by atoms with van der Waals surface area (Å²) in [4.78, 5) is 39.8. The minimum Gasteiger partial charge on any atom is -0.466 e. The van der Waals surface area contributed by atoms with Gasteiger partial charge in [-0.2, -0.15) is 0 Å². The van der Waals surface area contributed by atoms with Gasteiger partial charge in [-0.25, -0.2) is 9.59 Å². The first-order valence-corrected chi connectivity index (χ1v) is 14.4. The first-order chi connectivity index (χ1) is 20.3. The number of esters is 1. The lowest BCUT2D eigenvalue weighted by molar-refractivity contribution is -0.293. The van der Waals surface area contributed by atoms with E-state index < -0.39 is 11.8 Å². The molecule has 2 aromatic carbocycles. The standard InChI is InChI=1S/C31H38N4O7/c1-3-39-28(36)12-16-35(29(32)37)26-9-10-27-25(22(26)2)11-15-34(27)24-20-41-31(42-21-24)13-17-33(18-14-31)30(38)40-19-23-7-5-4-6-8-23/h4-11,15,24H,3,12-14,16-21H2,1-2H3,(H2,32,37). The van der Waals surface area contributed by atoms with E-state index in [2.05, 4.69) is 4.57 Å². The second kappa shape index (κ2) is 12.8. The number of nitrogens with zero attached hydrogens (tertiary/aromatic N) is 3. The van der Waals surface area contributed by atoms with Crippen molar-refractivity contribution in [3.05, 3.63) is 65.9 Å². The fraction of sp³-hybridized carbons (Fsp3) is 0.452. The number of amides is 3. The molecule has 224 valence electrons. The number of aromatic nitrogens is 1. The highest BCUT2D eigenvalue weighted by Gasteiger charge is 2.42. The molecule has 2 aliphatic rings. The Labute approximate surface area is 245 Å². The molecule has 42 heavy (non-hydrogen) atoms. The molecule has 2 saturated heterocycles. The van der Waals surface area contributed by atoms with Crippen LogP contribution in [0.4, 0.5) is 15.3 Å². The smallest absolute Gasteiger partial charge is 0.410 e. The molecule has 0 bridgehead atoms. The van der Waals surface area contributed by atoms with Gasteiger partial charge in [0.1, 0.15) is 6.61 Å². The van der Waals surface area contributed by atoms with Gasteiger partial charge >= 0.3 is 18.1 Å². The lowest BCUT2D eigenvalue weighted by Crippen LogP contribution is -2.53. The summed E-state index contributed by atoms with van der Waals surface area (Å²) in [5.74, 6) is -1.09. The van der Waals surface area contributed by atoms with Crippen molar-refractivity contribution in [2.45, 2.75) is 51.5 Å². The van der Waals surface area contributed by atoms with Crippen LogP contribution in [0.15, 0.2) is 54.7 Å². The molecular formula is C31H38N4O7. The van der Waals surface area contributed by atoms with Crippen molar-refractivity contribution >= 4 is 34.7 Å². The molecule has 2 fully saturated rings. The maximum absolute atomic E-state index is 12.6. The van der Waals surface area contributed by atoms with Crippen LogP contribution in [0.2, 0.25) is 0 Å². The molecule has 11 heteroatoms. The molecule has 1 aromatic heterocycles. The number of carbonyl (C=O) groups excluding carboxylic acids is 3. The summed E-state index contributed by atoms with van der Waals surface area (Å²) in [6.07, 6.45) is 2.87. The summed E-state index contributed by atoms with van der Waals surface area (Å²) >= 11 is 0. The third kappa shape index (κ3) is 6.37. The van der Waals surface area contributed by atoms with E-state index in [1.54, 1.807) is 11.8 Å². The number of fused-ring (bicyclic) bond motifs is 1. The lowest BCUT2D eigenvalue weighted by atomic mass is 10.0. The van der Waals surface area contributed by atoms with Gasteiger partial charge in [0.2, 0.25) is 0 Å². The van der Waals surface area contributed by atoms with Gasteiger partial charge in [-0.1, -0.05) is 30.3 Å². The topological polar surface area (TPSA) is 126 Å².